The third-order valence-electron chi connectivity index (χ3n) is 3.37. The van der Waals surface area contributed by atoms with Gasteiger partial charge in [-0.2, -0.15) is 5.10 Å². The summed E-state index contributed by atoms with van der Waals surface area (Å²) in [5.74, 6) is 0.829. The molecule has 0 aliphatic carbocycles. The molecule has 1 aromatic carbocycles. The van der Waals surface area contributed by atoms with Gasteiger partial charge in [0, 0.05) is 13.2 Å². The third-order valence-corrected chi connectivity index (χ3v) is 4.17. The summed E-state index contributed by atoms with van der Waals surface area (Å²) >= 11 is 12.0. The van der Waals surface area contributed by atoms with Crippen molar-refractivity contribution in [3.8, 4) is 5.75 Å². The van der Waals surface area contributed by atoms with Crippen LogP contribution in [0.15, 0.2) is 47.0 Å². The van der Waals surface area contributed by atoms with Crippen LogP contribution < -0.4 is 10.1 Å². The first-order valence-electron chi connectivity index (χ1n) is 7.45. The van der Waals surface area contributed by atoms with Gasteiger partial charge in [0.05, 0.1) is 17.3 Å². The Morgan fingerprint density at radius 3 is 2.88 bits per heavy atom. The van der Waals surface area contributed by atoms with Gasteiger partial charge >= 0.3 is 0 Å². The van der Waals surface area contributed by atoms with Gasteiger partial charge in [0.25, 0.3) is 5.91 Å². The molecule has 1 amide bonds. The minimum absolute atomic E-state index is 0.133. The molecule has 0 atom stereocenters. The molecule has 0 saturated carbocycles. The number of benzene rings is 1. The maximum absolute atomic E-state index is 12.1. The highest BCUT2D eigenvalue weighted by Crippen LogP contribution is 2.32. The van der Waals surface area contributed by atoms with E-state index in [2.05, 4.69) is 10.4 Å². The lowest BCUT2D eigenvalue weighted by atomic mass is 10.3. The quantitative estimate of drug-likeness (QED) is 0.706. The van der Waals surface area contributed by atoms with Crippen molar-refractivity contribution in [3.63, 3.8) is 0 Å². The summed E-state index contributed by atoms with van der Waals surface area (Å²) < 4.78 is 12.7. The van der Waals surface area contributed by atoms with Gasteiger partial charge in [-0.05, 0) is 30.3 Å². The average Bonchev–Trinajstić information content (AvgIpc) is 3.23. The van der Waals surface area contributed by atoms with Crippen LogP contribution in [0.2, 0.25) is 10.0 Å². The number of carbonyl (C=O) groups is 1. The largest absolute Gasteiger partial charge is 0.484 e. The molecule has 8 heteroatoms. The topological polar surface area (TPSA) is 69.3 Å². The Kier molecular flexibility index (Phi) is 5.31. The number of nitrogens with zero attached hydrogens (tertiary/aromatic N) is 2. The van der Waals surface area contributed by atoms with E-state index >= 15 is 0 Å². The SMILES string of the molecule is Cn1ccc(CNC(=O)c2ccc(COc3cccc(Cl)c3Cl)o2)n1. The number of carbonyl (C=O) groups excluding carboxylic acids is 1. The lowest BCUT2D eigenvalue weighted by Gasteiger charge is -2.07. The Bertz CT molecular complexity index is 889. The number of rotatable bonds is 6. The van der Waals surface area contributed by atoms with Crippen LogP contribution in [0, 0.1) is 0 Å². The number of aromatic nitrogens is 2. The molecule has 0 bridgehead atoms. The fraction of sp³-hybridized carbons (Fsp3) is 0.176. The highest BCUT2D eigenvalue weighted by Gasteiger charge is 2.13. The first-order chi connectivity index (χ1) is 12.0. The van der Waals surface area contributed by atoms with Gasteiger partial charge in [0.1, 0.15) is 23.1 Å². The van der Waals surface area contributed by atoms with Crippen LogP contribution in [-0.2, 0) is 20.2 Å². The van der Waals surface area contributed by atoms with E-state index in [0.717, 1.165) is 5.69 Å². The van der Waals surface area contributed by atoms with Crippen molar-refractivity contribution in [1.29, 1.82) is 0 Å². The van der Waals surface area contributed by atoms with Crippen LogP contribution in [0.25, 0.3) is 0 Å². The molecular weight excluding hydrogens is 365 g/mol. The van der Waals surface area contributed by atoms with Crippen LogP contribution in [-0.4, -0.2) is 15.7 Å². The smallest absolute Gasteiger partial charge is 0.287 e. The number of amides is 1. The second-order valence-corrected chi connectivity index (χ2v) is 6.06. The highest BCUT2D eigenvalue weighted by atomic mass is 35.5. The zero-order chi connectivity index (χ0) is 17.8. The predicted molar refractivity (Wildman–Crippen MR) is 93.9 cm³/mol. The normalized spacial score (nSPS) is 10.7. The molecule has 0 spiro atoms. The summed E-state index contributed by atoms with van der Waals surface area (Å²) in [5, 5.41) is 7.68. The van der Waals surface area contributed by atoms with Crippen LogP contribution in [0.4, 0.5) is 0 Å². The fourth-order valence-electron chi connectivity index (χ4n) is 2.14. The molecule has 6 nitrogen and oxygen atoms in total. The van der Waals surface area contributed by atoms with Gasteiger partial charge in [-0.25, -0.2) is 0 Å². The summed E-state index contributed by atoms with van der Waals surface area (Å²) in [5.41, 5.74) is 0.765. The molecule has 0 unspecified atom stereocenters. The van der Waals surface area contributed by atoms with E-state index in [0.29, 0.717) is 28.1 Å². The maximum Gasteiger partial charge on any atom is 0.287 e. The van der Waals surface area contributed by atoms with Gasteiger partial charge in [0.2, 0.25) is 0 Å². The van der Waals surface area contributed by atoms with E-state index in [1.165, 1.54) is 0 Å². The Labute approximate surface area is 154 Å². The molecule has 3 aromatic rings. The number of halogens is 2. The summed E-state index contributed by atoms with van der Waals surface area (Å²) in [6.07, 6.45) is 1.81. The Balaban J connectivity index is 1.56. The van der Waals surface area contributed by atoms with Crippen molar-refractivity contribution in [1.82, 2.24) is 15.1 Å². The van der Waals surface area contributed by atoms with Gasteiger partial charge in [0.15, 0.2) is 5.76 Å². The Morgan fingerprint density at radius 2 is 2.12 bits per heavy atom. The van der Waals surface area contributed by atoms with E-state index in [9.17, 15) is 4.79 Å². The number of aryl methyl sites for hydroxylation is 1. The van der Waals surface area contributed by atoms with E-state index in [1.807, 2.05) is 19.3 Å². The van der Waals surface area contributed by atoms with E-state index in [-0.39, 0.29) is 18.3 Å². The fourth-order valence-corrected chi connectivity index (χ4v) is 2.48. The number of ether oxygens (including phenoxy) is 1. The summed E-state index contributed by atoms with van der Waals surface area (Å²) in [4.78, 5) is 12.1. The monoisotopic (exact) mass is 379 g/mol. The molecular formula is C17H15Cl2N3O3. The Hall–Kier alpha value is -2.44. The zero-order valence-corrected chi connectivity index (χ0v) is 14.8. The van der Waals surface area contributed by atoms with E-state index in [1.54, 1.807) is 35.0 Å². The van der Waals surface area contributed by atoms with Gasteiger partial charge in [-0.3, -0.25) is 9.48 Å². The van der Waals surface area contributed by atoms with Gasteiger partial charge < -0.3 is 14.5 Å². The van der Waals surface area contributed by atoms with Crippen molar-refractivity contribution in [2.45, 2.75) is 13.2 Å². The molecule has 2 aromatic heterocycles. The standard InChI is InChI=1S/C17H15Cl2N3O3/c1-22-8-7-11(21-22)9-20-17(23)15-6-5-12(25-15)10-24-14-4-2-3-13(18)16(14)19/h2-8H,9-10H2,1H3,(H,20,23). The molecule has 0 aliphatic heterocycles. The van der Waals surface area contributed by atoms with Crippen LogP contribution in [0.5, 0.6) is 5.75 Å². The maximum atomic E-state index is 12.1. The first-order valence-corrected chi connectivity index (χ1v) is 8.21. The van der Waals surface area contributed by atoms with E-state index < -0.39 is 0 Å². The highest BCUT2D eigenvalue weighted by molar-refractivity contribution is 6.42. The lowest BCUT2D eigenvalue weighted by molar-refractivity contribution is 0.0918. The van der Waals surface area contributed by atoms with Crippen molar-refractivity contribution in [2.75, 3.05) is 0 Å². The number of hydrogen-bond donors (Lipinski definition) is 1. The molecule has 0 aliphatic rings. The van der Waals surface area contributed by atoms with Crippen molar-refractivity contribution >= 4 is 29.1 Å². The molecule has 1 N–H and O–H groups in total. The van der Waals surface area contributed by atoms with Crippen molar-refractivity contribution in [2.24, 2.45) is 7.05 Å². The molecule has 25 heavy (non-hydrogen) atoms. The lowest BCUT2D eigenvalue weighted by Crippen LogP contribution is -2.22. The molecule has 130 valence electrons. The molecule has 3 rings (SSSR count). The number of hydrogen-bond acceptors (Lipinski definition) is 4. The first kappa shape index (κ1) is 17.4. The summed E-state index contributed by atoms with van der Waals surface area (Å²) in [6.45, 7) is 0.456. The molecule has 0 radical (unpaired) electrons. The van der Waals surface area contributed by atoms with Crippen molar-refractivity contribution in [3.05, 3.63) is 69.9 Å². The van der Waals surface area contributed by atoms with Gasteiger partial charge in [-0.1, -0.05) is 29.3 Å². The van der Waals surface area contributed by atoms with E-state index in [4.69, 9.17) is 32.4 Å². The number of furan rings is 1. The Morgan fingerprint density at radius 1 is 1.28 bits per heavy atom. The summed E-state index contributed by atoms with van der Waals surface area (Å²) in [6, 6.07) is 10.2. The third kappa shape index (κ3) is 4.35. The second kappa shape index (κ2) is 7.63. The molecule has 0 fully saturated rings. The summed E-state index contributed by atoms with van der Waals surface area (Å²) in [7, 11) is 1.82. The predicted octanol–water partition coefficient (Wildman–Crippen LogP) is 3.83. The molecule has 2 heterocycles. The van der Waals surface area contributed by atoms with Crippen LogP contribution in [0.1, 0.15) is 22.0 Å². The second-order valence-electron chi connectivity index (χ2n) is 5.27. The molecule has 0 saturated heterocycles. The van der Waals surface area contributed by atoms with Crippen LogP contribution in [0.3, 0.4) is 0 Å². The minimum atomic E-state index is -0.322. The zero-order valence-electron chi connectivity index (χ0n) is 13.3. The average molecular weight is 380 g/mol. The van der Waals surface area contributed by atoms with Crippen LogP contribution >= 0.6 is 23.2 Å². The van der Waals surface area contributed by atoms with Crippen molar-refractivity contribution < 1.29 is 13.9 Å². The number of nitrogens with one attached hydrogen (secondary N) is 1. The van der Waals surface area contributed by atoms with Gasteiger partial charge in [-0.15, -0.1) is 0 Å². The minimum Gasteiger partial charge on any atom is -0.484 e.